The number of allylic oxidation sites excluding steroid dienone is 1. The fourth-order valence-corrected chi connectivity index (χ4v) is 6.15. The molecule has 1 aromatic heterocycles. The van der Waals surface area contributed by atoms with Gasteiger partial charge in [-0.3, -0.25) is 4.79 Å². The van der Waals surface area contributed by atoms with Gasteiger partial charge in [0.15, 0.2) is 0 Å². The van der Waals surface area contributed by atoms with Crippen LogP contribution in [0.4, 0.5) is 0 Å². The van der Waals surface area contributed by atoms with E-state index >= 15 is 0 Å². The summed E-state index contributed by atoms with van der Waals surface area (Å²) in [6, 6.07) is 17.0. The highest BCUT2D eigenvalue weighted by Crippen LogP contribution is 2.51. The smallest absolute Gasteiger partial charge is 0.336 e. The van der Waals surface area contributed by atoms with Gasteiger partial charge in [0.2, 0.25) is 10.0 Å². The Morgan fingerprint density at radius 2 is 1.62 bits per heavy atom. The number of esters is 2. The molecule has 0 spiro atoms. The highest BCUT2D eigenvalue weighted by Gasteiger charge is 2.59. The number of primary sulfonamides is 1. The van der Waals surface area contributed by atoms with E-state index < -0.39 is 27.3 Å². The number of rotatable bonds is 7. The van der Waals surface area contributed by atoms with Gasteiger partial charge in [-0.25, -0.2) is 23.3 Å². The summed E-state index contributed by atoms with van der Waals surface area (Å²) in [7, 11) is -3.50. The lowest BCUT2D eigenvalue weighted by Gasteiger charge is -2.47. The Hall–Kier alpha value is -3.54. The lowest BCUT2D eigenvalue weighted by atomic mass is 9.61. The fraction of sp³-hybridized carbons (Fsp3) is 0.321. The second kappa shape index (κ2) is 13.0. The van der Waals surface area contributed by atoms with Gasteiger partial charge in [0.25, 0.3) is 0 Å². The molecule has 0 saturated heterocycles. The molecule has 3 aromatic rings. The largest absolute Gasteiger partial charge is 0.465 e. The molecule has 0 fully saturated rings. The van der Waals surface area contributed by atoms with Crippen LogP contribution in [0.25, 0.3) is 0 Å². The molecule has 0 saturated carbocycles. The minimum absolute atomic E-state index is 0.148. The van der Waals surface area contributed by atoms with Crippen molar-refractivity contribution >= 4 is 33.3 Å². The van der Waals surface area contributed by atoms with Gasteiger partial charge in [-0.15, -0.1) is 11.3 Å². The standard InChI is InChI=1S/C22H26N2O4S.C6H7NO2S/c1-5-27-20(25)17-14(3)24-15(4)22(21(26)28-6-2,16-10-8-7-9-11-16)18(17)19-23-12-13-29-19;7-10(8,9)6-4-2-1-3-5-6/h7-13,15,18,24H,5-6H2,1-4H3;1-5H,(H2,7,8,9). The van der Waals surface area contributed by atoms with Gasteiger partial charge < -0.3 is 14.8 Å². The van der Waals surface area contributed by atoms with Crippen LogP contribution in [0.3, 0.4) is 0 Å². The summed E-state index contributed by atoms with van der Waals surface area (Å²) >= 11 is 1.42. The molecule has 3 atom stereocenters. The fourth-order valence-electron chi connectivity index (χ4n) is 4.79. The quantitative estimate of drug-likeness (QED) is 0.408. The van der Waals surface area contributed by atoms with E-state index in [0.29, 0.717) is 16.3 Å². The zero-order valence-corrected chi connectivity index (χ0v) is 23.9. The number of hydrogen-bond acceptors (Lipinski definition) is 9. The number of nitrogens with two attached hydrogens (primary N) is 1. The van der Waals surface area contributed by atoms with Crippen LogP contribution in [-0.2, 0) is 34.5 Å². The Morgan fingerprint density at radius 1 is 1.03 bits per heavy atom. The Kier molecular flexibility index (Phi) is 10.0. The Morgan fingerprint density at radius 3 is 2.10 bits per heavy atom. The molecule has 4 rings (SSSR count). The zero-order valence-electron chi connectivity index (χ0n) is 22.3. The van der Waals surface area contributed by atoms with E-state index in [1.807, 2.05) is 49.6 Å². The van der Waals surface area contributed by atoms with E-state index in [0.717, 1.165) is 5.56 Å². The van der Waals surface area contributed by atoms with Gasteiger partial charge in [0.1, 0.15) is 10.4 Å². The maximum Gasteiger partial charge on any atom is 0.336 e. The number of benzene rings is 2. The summed E-state index contributed by atoms with van der Waals surface area (Å²) in [4.78, 5) is 31.3. The molecular weight excluding hydrogens is 538 g/mol. The van der Waals surface area contributed by atoms with Crippen LogP contribution in [0.2, 0.25) is 0 Å². The number of sulfonamides is 1. The monoisotopic (exact) mass is 571 g/mol. The van der Waals surface area contributed by atoms with E-state index in [9.17, 15) is 18.0 Å². The third kappa shape index (κ3) is 6.38. The molecule has 3 unspecified atom stereocenters. The first-order valence-electron chi connectivity index (χ1n) is 12.4. The molecular formula is C28H33N3O6S2. The van der Waals surface area contributed by atoms with E-state index in [4.69, 9.17) is 14.6 Å². The van der Waals surface area contributed by atoms with E-state index in [2.05, 4.69) is 10.3 Å². The highest BCUT2D eigenvalue weighted by molar-refractivity contribution is 7.89. The van der Waals surface area contributed by atoms with Crippen molar-refractivity contribution in [3.05, 3.63) is 94.1 Å². The van der Waals surface area contributed by atoms with Gasteiger partial charge >= 0.3 is 11.9 Å². The number of nitrogens with one attached hydrogen (secondary N) is 1. The lowest BCUT2D eigenvalue weighted by molar-refractivity contribution is -0.153. The third-order valence-corrected chi connectivity index (χ3v) is 8.16. The molecule has 2 aromatic carbocycles. The lowest BCUT2D eigenvalue weighted by Crippen LogP contribution is -2.60. The number of hydrogen-bond donors (Lipinski definition) is 2. The third-order valence-electron chi connectivity index (χ3n) is 6.39. The molecule has 0 aliphatic carbocycles. The van der Waals surface area contributed by atoms with E-state index in [1.165, 1.54) is 23.5 Å². The molecule has 1 aliphatic rings. The summed E-state index contributed by atoms with van der Waals surface area (Å²) in [6.07, 6.45) is 1.69. The van der Waals surface area contributed by atoms with Crippen LogP contribution in [0.1, 0.15) is 44.2 Å². The van der Waals surface area contributed by atoms with Crippen molar-refractivity contribution in [1.82, 2.24) is 10.3 Å². The molecule has 9 nitrogen and oxygen atoms in total. The van der Waals surface area contributed by atoms with Crippen LogP contribution < -0.4 is 10.5 Å². The van der Waals surface area contributed by atoms with Crippen molar-refractivity contribution in [3.8, 4) is 0 Å². The molecule has 3 N–H and O–H groups in total. The average Bonchev–Trinajstić information content (AvgIpc) is 3.44. The maximum absolute atomic E-state index is 13.6. The summed E-state index contributed by atoms with van der Waals surface area (Å²) in [5, 5.41) is 10.7. The number of nitrogens with zero attached hydrogens (tertiary/aromatic N) is 1. The van der Waals surface area contributed by atoms with Gasteiger partial charge in [-0.2, -0.15) is 0 Å². The number of carbonyl (C=O) groups is 2. The normalized spacial score (nSPS) is 20.7. The Labute approximate surface area is 233 Å². The minimum atomic E-state index is -3.50. The summed E-state index contributed by atoms with van der Waals surface area (Å²) < 4.78 is 32.2. The maximum atomic E-state index is 13.6. The number of thiazole rings is 1. The van der Waals surface area contributed by atoms with Crippen molar-refractivity contribution in [2.45, 2.75) is 50.0 Å². The van der Waals surface area contributed by atoms with Gasteiger partial charge in [0.05, 0.1) is 29.6 Å². The summed E-state index contributed by atoms with van der Waals surface area (Å²) in [5.74, 6) is -1.46. The van der Waals surface area contributed by atoms with E-state index in [1.54, 1.807) is 38.2 Å². The van der Waals surface area contributed by atoms with Crippen molar-refractivity contribution in [3.63, 3.8) is 0 Å². The van der Waals surface area contributed by atoms with Crippen molar-refractivity contribution in [1.29, 1.82) is 0 Å². The molecule has 11 heteroatoms. The Bertz CT molecular complexity index is 1390. The first-order valence-corrected chi connectivity index (χ1v) is 14.9. The van der Waals surface area contributed by atoms with Crippen LogP contribution in [0, 0.1) is 0 Å². The van der Waals surface area contributed by atoms with E-state index in [-0.39, 0.29) is 30.1 Å². The van der Waals surface area contributed by atoms with Crippen molar-refractivity contribution in [2.24, 2.45) is 5.14 Å². The molecule has 0 bridgehead atoms. The van der Waals surface area contributed by atoms with Gasteiger partial charge in [-0.1, -0.05) is 48.5 Å². The number of aromatic nitrogens is 1. The average molecular weight is 572 g/mol. The second-order valence-electron chi connectivity index (χ2n) is 8.74. The highest BCUT2D eigenvalue weighted by atomic mass is 32.2. The van der Waals surface area contributed by atoms with Gasteiger partial charge in [0, 0.05) is 23.3 Å². The number of ether oxygens (including phenoxy) is 2. The van der Waals surface area contributed by atoms with Crippen LogP contribution in [0.5, 0.6) is 0 Å². The second-order valence-corrected chi connectivity index (χ2v) is 11.2. The molecule has 208 valence electrons. The molecule has 39 heavy (non-hydrogen) atoms. The first-order chi connectivity index (χ1) is 18.6. The predicted molar refractivity (Wildman–Crippen MR) is 149 cm³/mol. The molecule has 0 radical (unpaired) electrons. The first kappa shape index (κ1) is 30.0. The minimum Gasteiger partial charge on any atom is -0.465 e. The van der Waals surface area contributed by atoms with Gasteiger partial charge in [-0.05, 0) is 45.4 Å². The SMILES string of the molecule is CCOC(=O)C1=C(C)NC(C)C(C(=O)OCC)(c2ccccc2)C1c1nccs1.NS(=O)(=O)c1ccccc1. The molecule has 0 amide bonds. The van der Waals surface area contributed by atoms with Crippen LogP contribution in [0.15, 0.2) is 88.4 Å². The van der Waals surface area contributed by atoms with Crippen LogP contribution >= 0.6 is 11.3 Å². The summed E-state index contributed by atoms with van der Waals surface area (Å²) in [5.41, 5.74) is 0.702. The number of carbonyl (C=O) groups excluding carboxylic acids is 2. The molecule has 2 heterocycles. The zero-order chi connectivity index (χ0) is 28.6. The predicted octanol–water partition coefficient (Wildman–Crippen LogP) is 3.89. The topological polar surface area (TPSA) is 138 Å². The van der Waals surface area contributed by atoms with Crippen molar-refractivity contribution in [2.75, 3.05) is 13.2 Å². The molecule has 1 aliphatic heterocycles. The van der Waals surface area contributed by atoms with Crippen LogP contribution in [-0.4, -0.2) is 44.6 Å². The van der Waals surface area contributed by atoms with Crippen molar-refractivity contribution < 1.29 is 27.5 Å². The summed E-state index contributed by atoms with van der Waals surface area (Å²) in [6.45, 7) is 7.80. The Balaban J connectivity index is 0.000000353.